The molecule has 2 aromatic heterocycles. The number of methoxy groups -OCH3 is 1. The fourth-order valence-corrected chi connectivity index (χ4v) is 3.65. The second-order valence-corrected chi connectivity index (χ2v) is 7.57. The lowest BCUT2D eigenvalue weighted by molar-refractivity contribution is 0.0681. The van der Waals surface area contributed by atoms with Gasteiger partial charge in [-0.3, -0.25) is 0 Å². The van der Waals surface area contributed by atoms with Gasteiger partial charge in [0, 0.05) is 18.8 Å². The predicted octanol–water partition coefficient (Wildman–Crippen LogP) is 4.84. The molecule has 9 heteroatoms. The van der Waals surface area contributed by atoms with Crippen molar-refractivity contribution in [1.82, 2.24) is 19.9 Å². The molecule has 0 unspecified atom stereocenters. The van der Waals surface area contributed by atoms with Gasteiger partial charge >= 0.3 is 0 Å². The van der Waals surface area contributed by atoms with E-state index in [1.54, 1.807) is 25.4 Å². The summed E-state index contributed by atoms with van der Waals surface area (Å²) < 4.78 is 5.43. The van der Waals surface area contributed by atoms with E-state index in [2.05, 4.69) is 30.6 Å². The van der Waals surface area contributed by atoms with Gasteiger partial charge in [0.05, 0.1) is 22.3 Å². The summed E-state index contributed by atoms with van der Waals surface area (Å²) in [5.41, 5.74) is 2.06. The van der Waals surface area contributed by atoms with Gasteiger partial charge in [0.15, 0.2) is 5.82 Å². The SMILES string of the molecule is CO[C@H]1CC[C@H](Nc2ncc3ncnc(Nc4ccc(Cl)c(Cl)c4)c3n2)CC1. The molecule has 0 aliphatic heterocycles. The molecule has 1 aromatic carbocycles. The van der Waals surface area contributed by atoms with E-state index < -0.39 is 0 Å². The fourth-order valence-electron chi connectivity index (χ4n) is 3.35. The number of nitrogens with one attached hydrogen (secondary N) is 2. The molecule has 0 saturated heterocycles. The quantitative estimate of drug-likeness (QED) is 0.612. The summed E-state index contributed by atoms with van der Waals surface area (Å²) in [5, 5.41) is 7.62. The maximum absolute atomic E-state index is 6.10. The number of hydrogen-bond donors (Lipinski definition) is 2. The van der Waals surface area contributed by atoms with Crippen LogP contribution in [0.2, 0.25) is 10.0 Å². The summed E-state index contributed by atoms with van der Waals surface area (Å²) in [6, 6.07) is 5.64. The number of benzene rings is 1. The summed E-state index contributed by atoms with van der Waals surface area (Å²) >= 11 is 12.1. The Balaban J connectivity index is 1.56. The van der Waals surface area contributed by atoms with Gasteiger partial charge in [0.2, 0.25) is 5.95 Å². The molecule has 0 atom stereocenters. The Hall–Kier alpha value is -2.22. The summed E-state index contributed by atoms with van der Waals surface area (Å²) in [6.07, 6.45) is 7.66. The number of hydrogen-bond acceptors (Lipinski definition) is 7. The van der Waals surface area contributed by atoms with Crippen LogP contribution in [-0.2, 0) is 4.74 Å². The van der Waals surface area contributed by atoms with E-state index in [-0.39, 0.29) is 0 Å². The molecule has 28 heavy (non-hydrogen) atoms. The van der Waals surface area contributed by atoms with Crippen LogP contribution in [0.4, 0.5) is 17.5 Å². The first kappa shape index (κ1) is 19.1. The number of aromatic nitrogens is 4. The number of fused-ring (bicyclic) bond motifs is 1. The van der Waals surface area contributed by atoms with Gasteiger partial charge in [0.1, 0.15) is 17.4 Å². The molecule has 0 radical (unpaired) electrons. The minimum absolute atomic E-state index is 0.333. The minimum Gasteiger partial charge on any atom is -0.381 e. The zero-order valence-electron chi connectivity index (χ0n) is 15.3. The molecule has 0 bridgehead atoms. The highest BCUT2D eigenvalue weighted by Gasteiger charge is 2.21. The minimum atomic E-state index is 0.333. The van der Waals surface area contributed by atoms with Crippen molar-refractivity contribution in [3.05, 3.63) is 40.8 Å². The van der Waals surface area contributed by atoms with E-state index in [1.807, 2.05) is 6.07 Å². The molecule has 0 spiro atoms. The fraction of sp³-hybridized carbons (Fsp3) is 0.368. The van der Waals surface area contributed by atoms with Crippen LogP contribution in [0.15, 0.2) is 30.7 Å². The van der Waals surface area contributed by atoms with Crippen LogP contribution in [-0.4, -0.2) is 39.2 Å². The molecule has 1 aliphatic carbocycles. The smallest absolute Gasteiger partial charge is 0.223 e. The number of ether oxygens (including phenoxy) is 1. The summed E-state index contributed by atoms with van der Waals surface area (Å²) in [4.78, 5) is 17.6. The van der Waals surface area contributed by atoms with Crippen LogP contribution in [0, 0.1) is 0 Å². The number of rotatable bonds is 5. The van der Waals surface area contributed by atoms with Crippen molar-refractivity contribution in [3.8, 4) is 0 Å². The van der Waals surface area contributed by atoms with Crippen LogP contribution in [0.25, 0.3) is 11.0 Å². The summed E-state index contributed by atoms with van der Waals surface area (Å²) in [7, 11) is 1.77. The van der Waals surface area contributed by atoms with E-state index in [4.69, 9.17) is 27.9 Å². The second-order valence-electron chi connectivity index (χ2n) is 6.76. The molecular weight excluding hydrogens is 399 g/mol. The van der Waals surface area contributed by atoms with Crippen LogP contribution in [0.3, 0.4) is 0 Å². The van der Waals surface area contributed by atoms with Gasteiger partial charge in [-0.25, -0.2) is 19.9 Å². The molecular formula is C19H20Cl2N6O. The molecule has 3 aromatic rings. The van der Waals surface area contributed by atoms with Crippen LogP contribution < -0.4 is 10.6 Å². The topological polar surface area (TPSA) is 84.8 Å². The van der Waals surface area contributed by atoms with Crippen molar-refractivity contribution in [3.63, 3.8) is 0 Å². The predicted molar refractivity (Wildman–Crippen MR) is 112 cm³/mol. The van der Waals surface area contributed by atoms with E-state index in [1.165, 1.54) is 6.33 Å². The molecule has 2 N–H and O–H groups in total. The number of nitrogens with zero attached hydrogens (tertiary/aromatic N) is 4. The van der Waals surface area contributed by atoms with Crippen LogP contribution in [0.1, 0.15) is 25.7 Å². The van der Waals surface area contributed by atoms with Crippen molar-refractivity contribution >= 4 is 51.7 Å². The average molecular weight is 419 g/mol. The first-order chi connectivity index (χ1) is 13.6. The Morgan fingerprint density at radius 1 is 1.04 bits per heavy atom. The normalized spacial score (nSPS) is 19.5. The van der Waals surface area contributed by atoms with E-state index in [9.17, 15) is 0 Å². The van der Waals surface area contributed by atoms with Gasteiger partial charge in [-0.2, -0.15) is 0 Å². The lowest BCUT2D eigenvalue weighted by atomic mass is 9.93. The maximum atomic E-state index is 6.10. The van der Waals surface area contributed by atoms with Gasteiger partial charge in [-0.05, 0) is 43.9 Å². The molecule has 2 heterocycles. The largest absolute Gasteiger partial charge is 0.381 e. The van der Waals surface area contributed by atoms with Gasteiger partial charge in [-0.15, -0.1) is 0 Å². The Morgan fingerprint density at radius 2 is 1.86 bits per heavy atom. The zero-order valence-corrected chi connectivity index (χ0v) is 16.8. The van der Waals surface area contributed by atoms with Crippen molar-refractivity contribution in [2.75, 3.05) is 17.7 Å². The highest BCUT2D eigenvalue weighted by atomic mass is 35.5. The van der Waals surface area contributed by atoms with Crippen molar-refractivity contribution in [2.45, 2.75) is 37.8 Å². The Kier molecular flexibility index (Phi) is 5.75. The highest BCUT2D eigenvalue weighted by molar-refractivity contribution is 6.42. The molecule has 4 rings (SSSR count). The van der Waals surface area contributed by atoms with Crippen LogP contribution in [0.5, 0.6) is 0 Å². The lowest BCUT2D eigenvalue weighted by Gasteiger charge is -2.28. The number of anilines is 3. The monoisotopic (exact) mass is 418 g/mol. The van der Waals surface area contributed by atoms with Crippen molar-refractivity contribution < 1.29 is 4.74 Å². The Labute approximate surface area is 172 Å². The summed E-state index contributed by atoms with van der Waals surface area (Å²) in [6.45, 7) is 0. The second kappa shape index (κ2) is 8.43. The molecule has 7 nitrogen and oxygen atoms in total. The van der Waals surface area contributed by atoms with Crippen molar-refractivity contribution in [1.29, 1.82) is 0 Å². The van der Waals surface area contributed by atoms with Gasteiger partial charge in [-0.1, -0.05) is 23.2 Å². The molecule has 146 valence electrons. The summed E-state index contributed by atoms with van der Waals surface area (Å²) in [5.74, 6) is 1.15. The Bertz CT molecular complexity index is 978. The average Bonchev–Trinajstić information content (AvgIpc) is 2.72. The third-order valence-electron chi connectivity index (χ3n) is 4.90. The van der Waals surface area contributed by atoms with Gasteiger partial charge in [0.25, 0.3) is 0 Å². The molecule has 1 fully saturated rings. The standard InChI is InChI=1S/C19H20Cl2N6O/c1-28-13-5-2-11(3-6-13)26-19-22-9-16-17(27-19)18(24-10-23-16)25-12-4-7-14(20)15(21)8-12/h4,7-11,13H,2-3,5-6H2,1H3,(H,22,26,27)(H,23,24,25)/t11-,13-. The van der Waals surface area contributed by atoms with E-state index in [0.717, 1.165) is 31.4 Å². The molecule has 1 aliphatic rings. The third kappa shape index (κ3) is 4.27. The Morgan fingerprint density at radius 3 is 2.61 bits per heavy atom. The zero-order chi connectivity index (χ0) is 19.5. The van der Waals surface area contributed by atoms with E-state index in [0.29, 0.717) is 45.0 Å². The first-order valence-electron chi connectivity index (χ1n) is 9.11. The number of halogens is 2. The first-order valence-corrected chi connectivity index (χ1v) is 9.87. The lowest BCUT2D eigenvalue weighted by Crippen LogP contribution is -2.29. The maximum Gasteiger partial charge on any atom is 0.223 e. The molecule has 0 amide bonds. The highest BCUT2D eigenvalue weighted by Crippen LogP contribution is 2.28. The van der Waals surface area contributed by atoms with Crippen LogP contribution >= 0.6 is 23.2 Å². The van der Waals surface area contributed by atoms with E-state index >= 15 is 0 Å². The molecule has 1 saturated carbocycles. The van der Waals surface area contributed by atoms with Crippen molar-refractivity contribution in [2.24, 2.45) is 0 Å². The van der Waals surface area contributed by atoms with Gasteiger partial charge < -0.3 is 15.4 Å². The third-order valence-corrected chi connectivity index (χ3v) is 5.64.